The minimum Gasteiger partial charge on any atom is -0.324 e. The SMILES string of the molecule is CS(=O)(=O)c1ccc(C(N)Cc2cccc(F)c2F)cc1. The Morgan fingerprint density at radius 3 is 2.29 bits per heavy atom. The zero-order valence-corrected chi connectivity index (χ0v) is 12.2. The second-order valence-corrected chi connectivity index (χ2v) is 6.88. The molecule has 0 heterocycles. The van der Waals surface area contributed by atoms with E-state index in [0.29, 0.717) is 5.56 Å². The average molecular weight is 311 g/mol. The van der Waals surface area contributed by atoms with Gasteiger partial charge >= 0.3 is 0 Å². The maximum atomic E-state index is 13.6. The van der Waals surface area contributed by atoms with Gasteiger partial charge in [0.15, 0.2) is 21.5 Å². The van der Waals surface area contributed by atoms with E-state index in [1.165, 1.54) is 24.3 Å². The van der Waals surface area contributed by atoms with Gasteiger partial charge in [-0.25, -0.2) is 17.2 Å². The minimum absolute atomic E-state index is 0.127. The van der Waals surface area contributed by atoms with Crippen LogP contribution in [0.15, 0.2) is 47.4 Å². The van der Waals surface area contributed by atoms with Crippen LogP contribution in [0.3, 0.4) is 0 Å². The van der Waals surface area contributed by atoms with E-state index in [2.05, 4.69) is 0 Å². The van der Waals surface area contributed by atoms with Gasteiger partial charge in [-0.3, -0.25) is 0 Å². The Hall–Kier alpha value is -1.79. The number of hydrogen-bond donors (Lipinski definition) is 1. The predicted molar refractivity (Wildman–Crippen MR) is 76.5 cm³/mol. The van der Waals surface area contributed by atoms with Crippen LogP contribution < -0.4 is 5.73 Å². The third-order valence-corrected chi connectivity index (χ3v) is 4.34. The van der Waals surface area contributed by atoms with Gasteiger partial charge < -0.3 is 5.73 Å². The molecule has 1 unspecified atom stereocenters. The van der Waals surface area contributed by atoms with Crippen molar-refractivity contribution in [2.45, 2.75) is 17.4 Å². The number of benzene rings is 2. The first-order valence-electron chi connectivity index (χ1n) is 6.27. The van der Waals surface area contributed by atoms with Gasteiger partial charge in [-0.2, -0.15) is 0 Å². The molecule has 2 N–H and O–H groups in total. The van der Waals surface area contributed by atoms with E-state index in [4.69, 9.17) is 5.73 Å². The lowest BCUT2D eigenvalue weighted by molar-refractivity contribution is 0.494. The summed E-state index contributed by atoms with van der Waals surface area (Å²) in [5.41, 5.74) is 6.81. The van der Waals surface area contributed by atoms with Crippen LogP contribution >= 0.6 is 0 Å². The van der Waals surface area contributed by atoms with Crippen LogP contribution in [0.4, 0.5) is 8.78 Å². The number of nitrogens with two attached hydrogens (primary N) is 1. The van der Waals surface area contributed by atoms with Crippen LogP contribution in [-0.4, -0.2) is 14.7 Å². The van der Waals surface area contributed by atoms with Crippen LogP contribution in [0.1, 0.15) is 17.2 Å². The van der Waals surface area contributed by atoms with Gasteiger partial charge in [0, 0.05) is 12.3 Å². The van der Waals surface area contributed by atoms with E-state index in [1.54, 1.807) is 12.1 Å². The Labute approximate surface area is 122 Å². The summed E-state index contributed by atoms with van der Waals surface area (Å²) in [6, 6.07) is 9.46. The van der Waals surface area contributed by atoms with E-state index < -0.39 is 27.5 Å². The predicted octanol–water partition coefficient (Wildman–Crippen LogP) is 2.61. The van der Waals surface area contributed by atoms with Crippen LogP contribution in [0.25, 0.3) is 0 Å². The van der Waals surface area contributed by atoms with Gasteiger partial charge in [0.2, 0.25) is 0 Å². The number of rotatable bonds is 4. The number of hydrogen-bond acceptors (Lipinski definition) is 3. The van der Waals surface area contributed by atoms with Crippen LogP contribution in [0.5, 0.6) is 0 Å². The topological polar surface area (TPSA) is 60.2 Å². The van der Waals surface area contributed by atoms with Crippen molar-refractivity contribution in [3.63, 3.8) is 0 Å². The van der Waals surface area contributed by atoms with Crippen molar-refractivity contribution in [2.75, 3.05) is 6.26 Å². The lowest BCUT2D eigenvalue weighted by Crippen LogP contribution is -2.14. The van der Waals surface area contributed by atoms with E-state index in [9.17, 15) is 17.2 Å². The highest BCUT2D eigenvalue weighted by Crippen LogP contribution is 2.21. The zero-order valence-electron chi connectivity index (χ0n) is 11.4. The second-order valence-electron chi connectivity index (χ2n) is 4.86. The molecule has 0 aliphatic carbocycles. The molecule has 2 rings (SSSR count). The van der Waals surface area contributed by atoms with Gasteiger partial charge in [0.25, 0.3) is 0 Å². The maximum absolute atomic E-state index is 13.6. The monoisotopic (exact) mass is 311 g/mol. The summed E-state index contributed by atoms with van der Waals surface area (Å²) in [4.78, 5) is 0.190. The van der Waals surface area contributed by atoms with Gasteiger partial charge in [0.05, 0.1) is 4.90 Å². The molecule has 0 fully saturated rings. The van der Waals surface area contributed by atoms with E-state index in [0.717, 1.165) is 12.3 Å². The molecule has 3 nitrogen and oxygen atoms in total. The average Bonchev–Trinajstić information content (AvgIpc) is 2.43. The van der Waals surface area contributed by atoms with Crippen LogP contribution in [0, 0.1) is 11.6 Å². The largest absolute Gasteiger partial charge is 0.324 e. The third kappa shape index (κ3) is 3.65. The maximum Gasteiger partial charge on any atom is 0.175 e. The summed E-state index contributed by atoms with van der Waals surface area (Å²) in [6.07, 6.45) is 1.24. The molecule has 0 spiro atoms. The van der Waals surface area contributed by atoms with Crippen molar-refractivity contribution < 1.29 is 17.2 Å². The molecular formula is C15H15F2NO2S. The summed E-state index contributed by atoms with van der Waals surface area (Å²) in [6.45, 7) is 0. The van der Waals surface area contributed by atoms with Gasteiger partial charge in [-0.05, 0) is 35.7 Å². The Morgan fingerprint density at radius 2 is 1.71 bits per heavy atom. The zero-order chi connectivity index (χ0) is 15.6. The quantitative estimate of drug-likeness (QED) is 0.944. The molecule has 6 heteroatoms. The van der Waals surface area contributed by atoms with E-state index in [1.807, 2.05) is 0 Å². The van der Waals surface area contributed by atoms with Crippen LogP contribution in [-0.2, 0) is 16.3 Å². The van der Waals surface area contributed by atoms with Crippen molar-refractivity contribution in [2.24, 2.45) is 5.73 Å². The first-order chi connectivity index (χ1) is 9.79. The molecule has 0 bridgehead atoms. The third-order valence-electron chi connectivity index (χ3n) is 3.21. The first-order valence-corrected chi connectivity index (χ1v) is 8.16. The van der Waals surface area contributed by atoms with Crippen molar-refractivity contribution in [3.05, 3.63) is 65.2 Å². The Kier molecular flexibility index (Phi) is 4.39. The normalized spacial score (nSPS) is 13.1. The smallest absolute Gasteiger partial charge is 0.175 e. The molecule has 1 atom stereocenters. The molecule has 0 saturated carbocycles. The lowest BCUT2D eigenvalue weighted by atomic mass is 9.99. The highest BCUT2D eigenvalue weighted by atomic mass is 32.2. The highest BCUT2D eigenvalue weighted by Gasteiger charge is 2.14. The summed E-state index contributed by atoms with van der Waals surface area (Å²) < 4.78 is 49.5. The molecular weight excluding hydrogens is 296 g/mol. The molecule has 21 heavy (non-hydrogen) atoms. The van der Waals surface area contributed by atoms with E-state index >= 15 is 0 Å². The number of sulfone groups is 1. The summed E-state index contributed by atoms with van der Waals surface area (Å²) in [7, 11) is -3.27. The lowest BCUT2D eigenvalue weighted by Gasteiger charge is -2.13. The fourth-order valence-corrected chi connectivity index (χ4v) is 2.65. The summed E-state index contributed by atoms with van der Waals surface area (Å²) in [5, 5.41) is 0. The first kappa shape index (κ1) is 15.6. The Bertz CT molecular complexity index is 743. The van der Waals surface area contributed by atoms with Crippen molar-refractivity contribution in [3.8, 4) is 0 Å². The second kappa shape index (κ2) is 5.91. The van der Waals surface area contributed by atoms with Gasteiger partial charge in [-0.15, -0.1) is 0 Å². The Morgan fingerprint density at radius 1 is 1.10 bits per heavy atom. The molecule has 0 aromatic heterocycles. The van der Waals surface area contributed by atoms with Gasteiger partial charge in [-0.1, -0.05) is 24.3 Å². The van der Waals surface area contributed by atoms with Crippen LogP contribution in [0.2, 0.25) is 0 Å². The van der Waals surface area contributed by atoms with Crippen molar-refractivity contribution >= 4 is 9.84 Å². The molecule has 2 aromatic carbocycles. The fourth-order valence-electron chi connectivity index (χ4n) is 2.02. The molecule has 112 valence electrons. The van der Waals surface area contributed by atoms with E-state index in [-0.39, 0.29) is 16.9 Å². The highest BCUT2D eigenvalue weighted by molar-refractivity contribution is 7.90. The molecule has 0 aliphatic heterocycles. The summed E-state index contributed by atoms with van der Waals surface area (Å²) in [5.74, 6) is -1.81. The molecule has 0 aliphatic rings. The fraction of sp³-hybridized carbons (Fsp3) is 0.200. The molecule has 0 amide bonds. The molecule has 2 aromatic rings. The van der Waals surface area contributed by atoms with Crippen molar-refractivity contribution in [1.82, 2.24) is 0 Å². The van der Waals surface area contributed by atoms with Gasteiger partial charge in [0.1, 0.15) is 0 Å². The standard InChI is InChI=1S/C15H15F2NO2S/c1-21(19,20)12-7-5-10(6-8-12)14(18)9-11-3-2-4-13(16)15(11)17/h2-8,14H,9,18H2,1H3. The van der Waals surface area contributed by atoms with Crippen molar-refractivity contribution in [1.29, 1.82) is 0 Å². The Balaban J connectivity index is 2.21. The minimum atomic E-state index is -3.27. The number of halogens is 2. The summed E-state index contributed by atoms with van der Waals surface area (Å²) >= 11 is 0. The molecule has 0 saturated heterocycles. The molecule has 0 radical (unpaired) electrons.